The van der Waals surface area contributed by atoms with Crippen molar-refractivity contribution in [2.45, 2.75) is 37.6 Å². The third kappa shape index (κ3) is 2.10. The molecule has 1 saturated carbocycles. The molecule has 3 rings (SSSR count). The first kappa shape index (κ1) is 12.9. The van der Waals surface area contributed by atoms with Crippen LogP contribution in [0.15, 0.2) is 18.3 Å². The zero-order valence-electron chi connectivity index (χ0n) is 10.6. The molecule has 0 bridgehead atoms. The number of hydrogen-bond acceptors (Lipinski definition) is 4. The standard InChI is InChI=1S/C12H13F2N5O/c13-11(14)12(4-1-2-5-12)15-10(20)8-3-6-19-9(7-8)16-17-18-19/h3,6-7,11H,1-2,4-5H2,(H,15,20). The van der Waals surface area contributed by atoms with Gasteiger partial charge in [0.25, 0.3) is 12.3 Å². The van der Waals surface area contributed by atoms with Crippen LogP contribution in [-0.4, -0.2) is 37.9 Å². The van der Waals surface area contributed by atoms with E-state index in [1.54, 1.807) is 0 Å². The van der Waals surface area contributed by atoms with Gasteiger partial charge in [-0.05, 0) is 35.4 Å². The Morgan fingerprint density at radius 1 is 1.40 bits per heavy atom. The fourth-order valence-electron chi connectivity index (χ4n) is 2.58. The lowest BCUT2D eigenvalue weighted by Gasteiger charge is -2.29. The van der Waals surface area contributed by atoms with Gasteiger partial charge in [0, 0.05) is 11.8 Å². The van der Waals surface area contributed by atoms with E-state index in [4.69, 9.17) is 0 Å². The molecule has 0 spiro atoms. The summed E-state index contributed by atoms with van der Waals surface area (Å²) in [5, 5.41) is 13.3. The maximum absolute atomic E-state index is 13.2. The first-order valence-electron chi connectivity index (χ1n) is 6.39. The molecule has 2 aromatic heterocycles. The number of alkyl halides is 2. The maximum Gasteiger partial charge on any atom is 0.261 e. The molecule has 106 valence electrons. The Labute approximate surface area is 113 Å². The number of carbonyl (C=O) groups excluding carboxylic acids is 1. The summed E-state index contributed by atoms with van der Waals surface area (Å²) < 4.78 is 27.8. The van der Waals surface area contributed by atoms with Gasteiger partial charge in [-0.15, -0.1) is 5.10 Å². The van der Waals surface area contributed by atoms with Gasteiger partial charge in [0.15, 0.2) is 5.65 Å². The average molecular weight is 281 g/mol. The van der Waals surface area contributed by atoms with Crippen LogP contribution >= 0.6 is 0 Å². The molecule has 0 aromatic carbocycles. The van der Waals surface area contributed by atoms with Gasteiger partial charge in [0.1, 0.15) is 5.54 Å². The number of nitrogens with one attached hydrogen (secondary N) is 1. The summed E-state index contributed by atoms with van der Waals surface area (Å²) in [6.07, 6.45) is 0.993. The van der Waals surface area contributed by atoms with E-state index in [1.807, 2.05) is 0 Å². The molecule has 0 unspecified atom stereocenters. The van der Waals surface area contributed by atoms with E-state index in [-0.39, 0.29) is 5.56 Å². The van der Waals surface area contributed by atoms with Crippen LogP contribution in [0.5, 0.6) is 0 Å². The highest BCUT2D eigenvalue weighted by Crippen LogP contribution is 2.35. The zero-order chi connectivity index (χ0) is 14.2. The molecule has 2 aromatic rings. The van der Waals surface area contributed by atoms with Gasteiger partial charge in [0.2, 0.25) is 0 Å². The van der Waals surface area contributed by atoms with Gasteiger partial charge >= 0.3 is 0 Å². The van der Waals surface area contributed by atoms with Gasteiger partial charge in [0.05, 0.1) is 0 Å². The van der Waals surface area contributed by atoms with E-state index in [2.05, 4.69) is 20.8 Å². The Kier molecular flexibility index (Phi) is 3.07. The van der Waals surface area contributed by atoms with Crippen molar-refractivity contribution in [2.24, 2.45) is 0 Å². The number of halogens is 2. The summed E-state index contributed by atoms with van der Waals surface area (Å²) in [6.45, 7) is 0. The molecule has 0 radical (unpaired) electrons. The molecule has 0 saturated heterocycles. The third-order valence-electron chi connectivity index (χ3n) is 3.74. The van der Waals surface area contributed by atoms with Gasteiger partial charge in [-0.3, -0.25) is 4.79 Å². The van der Waals surface area contributed by atoms with Crippen molar-refractivity contribution in [3.63, 3.8) is 0 Å². The van der Waals surface area contributed by atoms with E-state index >= 15 is 0 Å². The van der Waals surface area contributed by atoms with Crippen LogP contribution in [-0.2, 0) is 0 Å². The van der Waals surface area contributed by atoms with Crippen molar-refractivity contribution >= 4 is 11.6 Å². The van der Waals surface area contributed by atoms with E-state index in [0.29, 0.717) is 31.3 Å². The van der Waals surface area contributed by atoms with E-state index in [9.17, 15) is 13.6 Å². The van der Waals surface area contributed by atoms with Gasteiger partial charge in [-0.1, -0.05) is 12.8 Å². The number of tetrazole rings is 1. The molecular weight excluding hydrogens is 268 g/mol. The largest absolute Gasteiger partial charge is 0.341 e. The van der Waals surface area contributed by atoms with Crippen LogP contribution in [0.4, 0.5) is 8.78 Å². The summed E-state index contributed by atoms with van der Waals surface area (Å²) in [5.74, 6) is -0.516. The van der Waals surface area contributed by atoms with Crippen molar-refractivity contribution in [3.05, 3.63) is 23.9 Å². The fraction of sp³-hybridized carbons (Fsp3) is 0.500. The Hall–Kier alpha value is -2.12. The lowest BCUT2D eigenvalue weighted by Crippen LogP contribution is -2.51. The molecule has 2 heterocycles. The van der Waals surface area contributed by atoms with Crippen LogP contribution in [0, 0.1) is 0 Å². The molecule has 1 aliphatic carbocycles. The second-order valence-corrected chi connectivity index (χ2v) is 5.02. The molecule has 1 aliphatic rings. The maximum atomic E-state index is 13.2. The van der Waals surface area contributed by atoms with Crippen LogP contribution in [0.3, 0.4) is 0 Å². The first-order chi connectivity index (χ1) is 9.61. The summed E-state index contributed by atoms with van der Waals surface area (Å²) in [4.78, 5) is 12.2. The van der Waals surface area contributed by atoms with E-state index in [1.165, 1.54) is 22.8 Å². The number of aromatic nitrogens is 4. The highest BCUT2D eigenvalue weighted by molar-refractivity contribution is 5.95. The molecule has 20 heavy (non-hydrogen) atoms. The summed E-state index contributed by atoms with van der Waals surface area (Å²) in [7, 11) is 0. The molecule has 1 N–H and O–H groups in total. The zero-order valence-corrected chi connectivity index (χ0v) is 10.6. The molecule has 1 fully saturated rings. The van der Waals surface area contributed by atoms with Crippen LogP contribution in [0.2, 0.25) is 0 Å². The minimum Gasteiger partial charge on any atom is -0.341 e. The molecule has 8 heteroatoms. The predicted octanol–water partition coefficient (Wildman–Crippen LogP) is 1.43. The smallest absolute Gasteiger partial charge is 0.261 e. The molecule has 0 atom stereocenters. The van der Waals surface area contributed by atoms with Crippen molar-refractivity contribution in [1.82, 2.24) is 25.4 Å². The SMILES string of the molecule is O=C(NC1(C(F)F)CCCC1)c1ccn2nnnc2c1. The second kappa shape index (κ2) is 4.77. The number of amides is 1. The predicted molar refractivity (Wildman–Crippen MR) is 65.5 cm³/mol. The summed E-state index contributed by atoms with van der Waals surface area (Å²) >= 11 is 0. The number of fused-ring (bicyclic) bond motifs is 1. The Balaban J connectivity index is 1.84. The quantitative estimate of drug-likeness (QED) is 0.923. The van der Waals surface area contributed by atoms with Gasteiger partial charge in [-0.2, -0.15) is 0 Å². The lowest BCUT2D eigenvalue weighted by atomic mass is 9.97. The summed E-state index contributed by atoms with van der Waals surface area (Å²) in [6, 6.07) is 2.98. The van der Waals surface area contributed by atoms with Gasteiger partial charge in [-0.25, -0.2) is 13.3 Å². The number of nitrogens with zero attached hydrogens (tertiary/aromatic N) is 4. The molecule has 0 aliphatic heterocycles. The van der Waals surface area contributed by atoms with Gasteiger partial charge < -0.3 is 5.32 Å². The molecule has 1 amide bonds. The lowest BCUT2D eigenvalue weighted by molar-refractivity contribution is 0.0304. The monoisotopic (exact) mass is 281 g/mol. The number of carbonyl (C=O) groups is 1. The van der Waals surface area contributed by atoms with E-state index in [0.717, 1.165) is 0 Å². The first-order valence-corrected chi connectivity index (χ1v) is 6.39. The number of pyridine rings is 1. The third-order valence-corrected chi connectivity index (χ3v) is 3.74. The molecule has 6 nitrogen and oxygen atoms in total. The molecular formula is C12H13F2N5O. The van der Waals surface area contributed by atoms with Crippen molar-refractivity contribution < 1.29 is 13.6 Å². The summed E-state index contributed by atoms with van der Waals surface area (Å²) in [5.41, 5.74) is -0.718. The Morgan fingerprint density at radius 3 is 2.85 bits per heavy atom. The van der Waals surface area contributed by atoms with E-state index < -0.39 is 17.9 Å². The Bertz CT molecular complexity index is 636. The number of hydrogen-bond donors (Lipinski definition) is 1. The van der Waals surface area contributed by atoms with Crippen molar-refractivity contribution in [2.75, 3.05) is 0 Å². The van der Waals surface area contributed by atoms with Crippen molar-refractivity contribution in [1.29, 1.82) is 0 Å². The van der Waals surface area contributed by atoms with Crippen molar-refractivity contribution in [3.8, 4) is 0 Å². The minimum atomic E-state index is -2.56. The topological polar surface area (TPSA) is 72.2 Å². The number of rotatable bonds is 3. The second-order valence-electron chi connectivity index (χ2n) is 5.02. The van der Waals surface area contributed by atoms with Crippen LogP contribution in [0.25, 0.3) is 5.65 Å². The normalized spacial score (nSPS) is 17.8. The fourth-order valence-corrected chi connectivity index (χ4v) is 2.58. The highest BCUT2D eigenvalue weighted by Gasteiger charge is 2.43. The Morgan fingerprint density at radius 2 is 2.15 bits per heavy atom. The van der Waals surface area contributed by atoms with Crippen LogP contribution in [0.1, 0.15) is 36.0 Å². The van der Waals surface area contributed by atoms with Crippen LogP contribution < -0.4 is 5.32 Å². The average Bonchev–Trinajstić information content (AvgIpc) is 3.06. The highest BCUT2D eigenvalue weighted by atomic mass is 19.3. The minimum absolute atomic E-state index is 0.277.